The van der Waals surface area contributed by atoms with Crippen LogP contribution in [-0.2, 0) is 22.5 Å². The van der Waals surface area contributed by atoms with Gasteiger partial charge in [-0.15, -0.1) is 0 Å². The SMILES string of the molecule is COC(=O)Cc1ccccc1CNC1CC(O)C1. The summed E-state index contributed by atoms with van der Waals surface area (Å²) < 4.78 is 4.69. The molecule has 1 aromatic rings. The summed E-state index contributed by atoms with van der Waals surface area (Å²) >= 11 is 0. The summed E-state index contributed by atoms with van der Waals surface area (Å²) in [6.07, 6.45) is 1.80. The van der Waals surface area contributed by atoms with Gasteiger partial charge in [-0.05, 0) is 24.0 Å². The zero-order valence-electron chi connectivity index (χ0n) is 10.6. The first-order valence-electron chi connectivity index (χ1n) is 6.24. The summed E-state index contributed by atoms with van der Waals surface area (Å²) in [5, 5.41) is 12.6. The first-order valence-corrected chi connectivity index (χ1v) is 6.24. The first kappa shape index (κ1) is 13.1. The second-order valence-corrected chi connectivity index (χ2v) is 4.72. The van der Waals surface area contributed by atoms with E-state index in [1.165, 1.54) is 7.11 Å². The van der Waals surface area contributed by atoms with Crippen LogP contribution >= 0.6 is 0 Å². The zero-order chi connectivity index (χ0) is 13.0. The number of carbonyl (C=O) groups is 1. The van der Waals surface area contributed by atoms with Crippen LogP contribution in [0.2, 0.25) is 0 Å². The normalized spacial score (nSPS) is 22.3. The number of aliphatic hydroxyl groups is 1. The highest BCUT2D eigenvalue weighted by Gasteiger charge is 2.26. The molecule has 0 heterocycles. The number of rotatable bonds is 5. The lowest BCUT2D eigenvalue weighted by molar-refractivity contribution is -0.139. The Morgan fingerprint density at radius 1 is 1.39 bits per heavy atom. The standard InChI is InChI=1S/C14H19NO3/c1-18-14(17)6-10-4-2-3-5-11(10)9-15-12-7-13(16)8-12/h2-5,12-13,15-16H,6-9H2,1H3. The lowest BCUT2D eigenvalue weighted by atomic mass is 9.89. The van der Waals surface area contributed by atoms with Gasteiger partial charge in [-0.3, -0.25) is 4.79 Å². The minimum Gasteiger partial charge on any atom is -0.469 e. The smallest absolute Gasteiger partial charge is 0.309 e. The number of benzene rings is 1. The van der Waals surface area contributed by atoms with Crippen molar-refractivity contribution < 1.29 is 14.6 Å². The average Bonchev–Trinajstić information content (AvgIpc) is 2.34. The van der Waals surface area contributed by atoms with Gasteiger partial charge in [0.25, 0.3) is 0 Å². The van der Waals surface area contributed by atoms with Crippen molar-refractivity contribution in [1.29, 1.82) is 0 Å². The molecule has 98 valence electrons. The van der Waals surface area contributed by atoms with Crippen LogP contribution in [0.3, 0.4) is 0 Å². The van der Waals surface area contributed by atoms with Gasteiger partial charge in [-0.1, -0.05) is 24.3 Å². The van der Waals surface area contributed by atoms with E-state index in [0.29, 0.717) is 12.5 Å². The average molecular weight is 249 g/mol. The van der Waals surface area contributed by atoms with Crippen LogP contribution < -0.4 is 5.32 Å². The number of aliphatic hydroxyl groups excluding tert-OH is 1. The second-order valence-electron chi connectivity index (χ2n) is 4.72. The maximum absolute atomic E-state index is 11.3. The Balaban J connectivity index is 1.92. The van der Waals surface area contributed by atoms with Crippen molar-refractivity contribution in [3.8, 4) is 0 Å². The summed E-state index contributed by atoms with van der Waals surface area (Å²) in [4.78, 5) is 11.3. The topological polar surface area (TPSA) is 58.6 Å². The van der Waals surface area contributed by atoms with E-state index in [9.17, 15) is 9.90 Å². The van der Waals surface area contributed by atoms with Gasteiger partial charge in [0, 0.05) is 12.6 Å². The molecule has 1 saturated carbocycles. The Kier molecular flexibility index (Phi) is 4.33. The molecule has 18 heavy (non-hydrogen) atoms. The van der Waals surface area contributed by atoms with Crippen molar-refractivity contribution in [2.75, 3.05) is 7.11 Å². The largest absolute Gasteiger partial charge is 0.469 e. The molecule has 0 spiro atoms. The summed E-state index contributed by atoms with van der Waals surface area (Å²) in [7, 11) is 1.40. The molecular formula is C14H19NO3. The van der Waals surface area contributed by atoms with Crippen molar-refractivity contribution >= 4 is 5.97 Å². The van der Waals surface area contributed by atoms with E-state index in [1.54, 1.807) is 0 Å². The van der Waals surface area contributed by atoms with E-state index in [2.05, 4.69) is 10.1 Å². The highest BCUT2D eigenvalue weighted by Crippen LogP contribution is 2.20. The van der Waals surface area contributed by atoms with E-state index in [1.807, 2.05) is 24.3 Å². The van der Waals surface area contributed by atoms with Crippen molar-refractivity contribution in [1.82, 2.24) is 5.32 Å². The van der Waals surface area contributed by atoms with Crippen LogP contribution in [0.1, 0.15) is 24.0 Å². The van der Waals surface area contributed by atoms with Gasteiger partial charge in [0.15, 0.2) is 0 Å². The number of methoxy groups -OCH3 is 1. The molecule has 0 saturated heterocycles. The number of hydrogen-bond acceptors (Lipinski definition) is 4. The van der Waals surface area contributed by atoms with Gasteiger partial charge in [0.2, 0.25) is 0 Å². The number of hydrogen-bond donors (Lipinski definition) is 2. The monoisotopic (exact) mass is 249 g/mol. The number of nitrogens with one attached hydrogen (secondary N) is 1. The van der Waals surface area contributed by atoms with E-state index in [4.69, 9.17) is 0 Å². The molecule has 0 unspecified atom stereocenters. The molecule has 0 aliphatic heterocycles. The van der Waals surface area contributed by atoms with Crippen LogP contribution in [-0.4, -0.2) is 30.3 Å². The molecule has 0 atom stereocenters. The molecule has 0 bridgehead atoms. The highest BCUT2D eigenvalue weighted by molar-refractivity contribution is 5.72. The minimum atomic E-state index is -0.221. The van der Waals surface area contributed by atoms with Gasteiger partial charge in [0.05, 0.1) is 19.6 Å². The number of carbonyl (C=O) groups excluding carboxylic acids is 1. The Labute approximate surface area is 107 Å². The fraction of sp³-hybridized carbons (Fsp3) is 0.500. The third-order valence-electron chi connectivity index (χ3n) is 3.38. The Hall–Kier alpha value is -1.39. The van der Waals surface area contributed by atoms with Crippen molar-refractivity contribution in [3.63, 3.8) is 0 Å². The fourth-order valence-electron chi connectivity index (χ4n) is 2.14. The Bertz CT molecular complexity index is 413. The van der Waals surface area contributed by atoms with Gasteiger partial charge < -0.3 is 15.2 Å². The quantitative estimate of drug-likeness (QED) is 0.765. The molecule has 4 nitrogen and oxygen atoms in total. The third kappa shape index (κ3) is 3.31. The van der Waals surface area contributed by atoms with E-state index >= 15 is 0 Å². The Morgan fingerprint density at radius 2 is 2.06 bits per heavy atom. The lowest BCUT2D eigenvalue weighted by Gasteiger charge is -2.32. The second kappa shape index (κ2) is 5.98. The first-order chi connectivity index (χ1) is 8.69. The molecule has 1 fully saturated rings. The van der Waals surface area contributed by atoms with Gasteiger partial charge >= 0.3 is 5.97 Å². The van der Waals surface area contributed by atoms with E-state index < -0.39 is 0 Å². The van der Waals surface area contributed by atoms with E-state index in [0.717, 1.165) is 30.5 Å². The molecule has 1 aliphatic carbocycles. The maximum Gasteiger partial charge on any atom is 0.309 e. The highest BCUT2D eigenvalue weighted by atomic mass is 16.5. The van der Waals surface area contributed by atoms with Crippen LogP contribution in [0, 0.1) is 0 Å². The van der Waals surface area contributed by atoms with E-state index in [-0.39, 0.29) is 12.1 Å². The number of ether oxygens (including phenoxy) is 1. The molecule has 4 heteroatoms. The molecule has 1 aliphatic rings. The van der Waals surface area contributed by atoms with Gasteiger partial charge in [0.1, 0.15) is 0 Å². The van der Waals surface area contributed by atoms with Crippen molar-refractivity contribution in [3.05, 3.63) is 35.4 Å². The minimum absolute atomic E-state index is 0.146. The zero-order valence-corrected chi connectivity index (χ0v) is 10.6. The molecular weight excluding hydrogens is 230 g/mol. The fourth-order valence-corrected chi connectivity index (χ4v) is 2.14. The summed E-state index contributed by atoms with van der Waals surface area (Å²) in [5.41, 5.74) is 2.11. The third-order valence-corrected chi connectivity index (χ3v) is 3.38. The predicted molar refractivity (Wildman–Crippen MR) is 68.0 cm³/mol. The number of esters is 1. The molecule has 0 radical (unpaired) electrons. The van der Waals surface area contributed by atoms with Crippen LogP contribution in [0.25, 0.3) is 0 Å². The Morgan fingerprint density at radius 3 is 2.67 bits per heavy atom. The lowest BCUT2D eigenvalue weighted by Crippen LogP contribution is -2.43. The predicted octanol–water partition coefficient (Wildman–Crippen LogP) is 1.01. The summed E-state index contributed by atoms with van der Waals surface area (Å²) in [5.74, 6) is -0.221. The molecule has 0 amide bonds. The molecule has 0 aromatic heterocycles. The molecule has 2 rings (SSSR count). The van der Waals surface area contributed by atoms with Gasteiger partial charge in [-0.25, -0.2) is 0 Å². The summed E-state index contributed by atoms with van der Waals surface area (Å²) in [6.45, 7) is 0.727. The van der Waals surface area contributed by atoms with Crippen LogP contribution in [0.5, 0.6) is 0 Å². The van der Waals surface area contributed by atoms with Crippen molar-refractivity contribution in [2.45, 2.75) is 38.0 Å². The van der Waals surface area contributed by atoms with Crippen LogP contribution in [0.4, 0.5) is 0 Å². The summed E-state index contributed by atoms with van der Waals surface area (Å²) in [6, 6.07) is 8.25. The van der Waals surface area contributed by atoms with Crippen LogP contribution in [0.15, 0.2) is 24.3 Å². The van der Waals surface area contributed by atoms with Crippen molar-refractivity contribution in [2.24, 2.45) is 0 Å². The maximum atomic E-state index is 11.3. The molecule has 1 aromatic carbocycles. The molecule has 2 N–H and O–H groups in total. The van der Waals surface area contributed by atoms with Gasteiger partial charge in [-0.2, -0.15) is 0 Å².